The van der Waals surface area contributed by atoms with Crippen molar-refractivity contribution >= 4 is 43.9 Å². The fourth-order valence-corrected chi connectivity index (χ4v) is 4.81. The third-order valence-electron chi connectivity index (χ3n) is 4.81. The van der Waals surface area contributed by atoms with E-state index in [1.165, 1.54) is 17.4 Å². The molecule has 0 radical (unpaired) electrons. The number of anilines is 1. The lowest BCUT2D eigenvalue weighted by atomic mass is 10.2. The van der Waals surface area contributed by atoms with Crippen molar-refractivity contribution in [1.82, 2.24) is 19.5 Å². The van der Waals surface area contributed by atoms with Gasteiger partial charge in [-0.15, -0.1) is 5.10 Å². The Morgan fingerprint density at radius 1 is 1.21 bits per heavy atom. The molecule has 146 valence electrons. The number of thiazole rings is 1. The minimum Gasteiger partial charge on any atom is -0.319 e. The van der Waals surface area contributed by atoms with Crippen LogP contribution in [0.15, 0.2) is 53.0 Å². The van der Waals surface area contributed by atoms with E-state index in [4.69, 9.17) is 0 Å². The molecule has 0 saturated heterocycles. The van der Waals surface area contributed by atoms with Crippen molar-refractivity contribution in [1.29, 1.82) is 0 Å². The number of halogens is 2. The Hall–Kier alpha value is -2.78. The maximum atomic E-state index is 14.0. The lowest BCUT2D eigenvalue weighted by Crippen LogP contribution is -2.38. The molecule has 6 nitrogen and oxygen atoms in total. The quantitative estimate of drug-likeness (QED) is 0.449. The van der Waals surface area contributed by atoms with Gasteiger partial charge in [0.25, 0.3) is 0 Å². The van der Waals surface area contributed by atoms with E-state index in [1.807, 2.05) is 34.8 Å². The summed E-state index contributed by atoms with van der Waals surface area (Å²) in [6, 6.07) is 14.1. The summed E-state index contributed by atoms with van der Waals surface area (Å²) >= 11 is 4.75. The van der Waals surface area contributed by atoms with Crippen LogP contribution in [0.4, 0.5) is 14.9 Å². The third kappa shape index (κ3) is 3.40. The van der Waals surface area contributed by atoms with E-state index in [2.05, 4.69) is 31.3 Å². The number of amides is 2. The Balaban J connectivity index is 1.36. The van der Waals surface area contributed by atoms with Gasteiger partial charge in [0.05, 0.1) is 17.9 Å². The summed E-state index contributed by atoms with van der Waals surface area (Å²) in [5, 5.41) is 7.31. The summed E-state index contributed by atoms with van der Waals surface area (Å²) in [5.74, 6) is 0.225. The van der Waals surface area contributed by atoms with Crippen LogP contribution in [0.5, 0.6) is 0 Å². The molecule has 5 rings (SSSR count). The number of rotatable bonds is 2. The van der Waals surface area contributed by atoms with Gasteiger partial charge in [-0.3, -0.25) is 0 Å². The zero-order valence-electron chi connectivity index (χ0n) is 15.1. The molecule has 3 heterocycles. The highest BCUT2D eigenvalue weighted by Gasteiger charge is 2.26. The Morgan fingerprint density at radius 2 is 2.03 bits per heavy atom. The van der Waals surface area contributed by atoms with Gasteiger partial charge >= 0.3 is 6.03 Å². The van der Waals surface area contributed by atoms with Crippen LogP contribution in [-0.4, -0.2) is 32.1 Å². The largest absolute Gasteiger partial charge is 0.322 e. The Morgan fingerprint density at radius 3 is 2.83 bits per heavy atom. The second-order valence-electron chi connectivity index (χ2n) is 6.69. The predicted octanol–water partition coefficient (Wildman–Crippen LogP) is 4.95. The number of aromatic nitrogens is 3. The van der Waals surface area contributed by atoms with Gasteiger partial charge in [-0.05, 0) is 18.2 Å². The molecule has 1 aliphatic heterocycles. The standard InChI is InChI=1S/C20H15BrFN5OS/c21-13-6-7-15(14(22)10-13)23-19(28)26-9-8-16-17(11-26)29-20-24-18(25-27(16)20)12-4-2-1-3-5-12/h1-7,10H,8-9,11H2,(H,23,28). The first kappa shape index (κ1) is 18.3. The maximum Gasteiger partial charge on any atom is 0.322 e. The Bertz CT molecular complexity index is 1220. The topological polar surface area (TPSA) is 62.5 Å². The molecule has 29 heavy (non-hydrogen) atoms. The van der Waals surface area contributed by atoms with Gasteiger partial charge < -0.3 is 10.2 Å². The fraction of sp³-hybridized carbons (Fsp3) is 0.150. The lowest BCUT2D eigenvalue weighted by molar-refractivity contribution is 0.206. The fourth-order valence-electron chi connectivity index (χ4n) is 3.36. The van der Waals surface area contributed by atoms with Crippen molar-refractivity contribution in [2.24, 2.45) is 0 Å². The van der Waals surface area contributed by atoms with E-state index >= 15 is 0 Å². The highest BCUT2D eigenvalue weighted by atomic mass is 79.9. The van der Waals surface area contributed by atoms with Crippen molar-refractivity contribution in [3.05, 3.63) is 69.4 Å². The summed E-state index contributed by atoms with van der Waals surface area (Å²) in [6.45, 7) is 0.985. The molecule has 0 fully saturated rings. The Labute approximate surface area is 178 Å². The minimum absolute atomic E-state index is 0.166. The van der Waals surface area contributed by atoms with Crippen LogP contribution in [0.1, 0.15) is 10.6 Å². The number of urea groups is 1. The van der Waals surface area contributed by atoms with Crippen LogP contribution in [0, 0.1) is 5.82 Å². The van der Waals surface area contributed by atoms with Crippen molar-refractivity contribution < 1.29 is 9.18 Å². The molecule has 9 heteroatoms. The van der Waals surface area contributed by atoms with Gasteiger partial charge in [0.15, 0.2) is 5.82 Å². The smallest absolute Gasteiger partial charge is 0.319 e. The normalized spacial score (nSPS) is 13.5. The first-order valence-electron chi connectivity index (χ1n) is 9.02. The van der Waals surface area contributed by atoms with E-state index < -0.39 is 5.82 Å². The van der Waals surface area contributed by atoms with Crippen LogP contribution < -0.4 is 5.32 Å². The summed E-state index contributed by atoms with van der Waals surface area (Å²) in [6.07, 6.45) is 0.670. The van der Waals surface area contributed by atoms with E-state index in [0.29, 0.717) is 29.8 Å². The molecule has 2 amide bonds. The van der Waals surface area contributed by atoms with Crippen molar-refractivity contribution in [2.45, 2.75) is 13.0 Å². The monoisotopic (exact) mass is 471 g/mol. The van der Waals surface area contributed by atoms with E-state index in [0.717, 1.165) is 21.1 Å². The third-order valence-corrected chi connectivity index (χ3v) is 6.37. The van der Waals surface area contributed by atoms with Crippen LogP contribution in [0.25, 0.3) is 16.3 Å². The van der Waals surface area contributed by atoms with Crippen LogP contribution >= 0.6 is 27.3 Å². The maximum absolute atomic E-state index is 14.0. The van der Waals surface area contributed by atoms with Gasteiger partial charge in [0.1, 0.15) is 5.82 Å². The van der Waals surface area contributed by atoms with Gasteiger partial charge in [-0.2, -0.15) is 4.98 Å². The van der Waals surface area contributed by atoms with Crippen molar-refractivity contribution in [2.75, 3.05) is 11.9 Å². The molecule has 1 N–H and O–H groups in total. The number of carbonyl (C=O) groups excluding carboxylic acids is 1. The average Bonchev–Trinajstić information content (AvgIpc) is 3.28. The number of nitrogens with one attached hydrogen (secondary N) is 1. The molecule has 2 aromatic heterocycles. The van der Waals surface area contributed by atoms with Crippen molar-refractivity contribution in [3.8, 4) is 11.4 Å². The molecular formula is C20H15BrFN5OS. The number of carbonyl (C=O) groups is 1. The lowest BCUT2D eigenvalue weighted by Gasteiger charge is -2.26. The molecule has 0 atom stereocenters. The summed E-state index contributed by atoms with van der Waals surface area (Å²) < 4.78 is 16.5. The number of fused-ring (bicyclic) bond motifs is 3. The molecule has 0 saturated carbocycles. The van der Waals surface area contributed by atoms with Crippen LogP contribution in [0.2, 0.25) is 0 Å². The molecule has 0 bridgehead atoms. The summed E-state index contributed by atoms with van der Waals surface area (Å²) in [7, 11) is 0. The van der Waals surface area contributed by atoms with Crippen LogP contribution in [-0.2, 0) is 13.0 Å². The highest BCUT2D eigenvalue weighted by Crippen LogP contribution is 2.30. The van der Waals surface area contributed by atoms with E-state index in [-0.39, 0.29) is 11.7 Å². The van der Waals surface area contributed by atoms with Crippen molar-refractivity contribution in [3.63, 3.8) is 0 Å². The summed E-state index contributed by atoms with van der Waals surface area (Å²) in [4.78, 5) is 20.8. The average molecular weight is 472 g/mol. The zero-order chi connectivity index (χ0) is 20.0. The molecule has 1 aliphatic rings. The van der Waals surface area contributed by atoms with Gasteiger partial charge in [0, 0.05) is 27.9 Å². The van der Waals surface area contributed by atoms with Gasteiger partial charge in [-0.25, -0.2) is 13.7 Å². The SMILES string of the molecule is O=C(Nc1ccc(Br)cc1F)N1CCc2c(sc3nc(-c4ccccc4)nn23)C1. The zero-order valence-corrected chi connectivity index (χ0v) is 17.5. The molecule has 0 unspecified atom stereocenters. The highest BCUT2D eigenvalue weighted by molar-refractivity contribution is 9.10. The minimum atomic E-state index is -0.474. The first-order valence-corrected chi connectivity index (χ1v) is 10.6. The van der Waals surface area contributed by atoms with E-state index in [1.54, 1.807) is 17.0 Å². The van der Waals surface area contributed by atoms with Crippen LogP contribution in [0.3, 0.4) is 0 Å². The number of benzene rings is 2. The second-order valence-corrected chi connectivity index (χ2v) is 8.67. The second kappa shape index (κ2) is 7.23. The predicted molar refractivity (Wildman–Crippen MR) is 114 cm³/mol. The Kier molecular flexibility index (Phi) is 4.56. The van der Waals surface area contributed by atoms with Gasteiger partial charge in [-0.1, -0.05) is 57.6 Å². The molecule has 0 aliphatic carbocycles. The number of nitrogens with zero attached hydrogens (tertiary/aromatic N) is 4. The molecule has 4 aromatic rings. The molecular weight excluding hydrogens is 457 g/mol. The van der Waals surface area contributed by atoms with E-state index in [9.17, 15) is 9.18 Å². The molecule has 0 spiro atoms. The summed E-state index contributed by atoms with van der Waals surface area (Å²) in [5.41, 5.74) is 2.23. The first-order chi connectivity index (χ1) is 14.1. The molecule has 2 aromatic carbocycles. The number of hydrogen-bond acceptors (Lipinski definition) is 4. The van der Waals surface area contributed by atoms with Gasteiger partial charge in [0.2, 0.25) is 4.96 Å². The number of hydrogen-bond donors (Lipinski definition) is 1.